The maximum atomic E-state index is 10.7. The Labute approximate surface area is 113 Å². The maximum absolute atomic E-state index is 10.7. The summed E-state index contributed by atoms with van der Waals surface area (Å²) in [5, 5.41) is 22.3. The van der Waals surface area contributed by atoms with Gasteiger partial charge in [-0.15, -0.1) is 0 Å². The Hall–Kier alpha value is -1.65. The van der Waals surface area contributed by atoms with Crippen molar-refractivity contribution in [2.24, 2.45) is 0 Å². The van der Waals surface area contributed by atoms with E-state index in [9.17, 15) is 10.1 Å². The molecule has 1 aromatic carbocycles. The zero-order valence-electron chi connectivity index (χ0n) is 9.72. The van der Waals surface area contributed by atoms with E-state index in [-0.39, 0.29) is 11.7 Å². The van der Waals surface area contributed by atoms with Crippen LogP contribution in [0.2, 0.25) is 0 Å². The molecule has 96 valence electrons. The van der Waals surface area contributed by atoms with Gasteiger partial charge in [0.05, 0.1) is 23.6 Å². The van der Waals surface area contributed by atoms with Gasteiger partial charge in [0.25, 0.3) is 5.69 Å². The van der Waals surface area contributed by atoms with Gasteiger partial charge in [-0.1, -0.05) is 6.07 Å². The van der Waals surface area contributed by atoms with Gasteiger partial charge in [0.15, 0.2) is 0 Å². The minimum Gasteiger partial charge on any atom is -0.492 e. The lowest BCUT2D eigenvalue weighted by molar-refractivity contribution is -0.385. The second-order valence-corrected chi connectivity index (χ2v) is 4.25. The second kappa shape index (κ2) is 6.93. The number of halogens is 1. The Morgan fingerprint density at radius 1 is 1.67 bits per heavy atom. The smallest absolute Gasteiger partial charge is 0.287 e. The highest BCUT2D eigenvalue weighted by atomic mass is 79.9. The number of nitriles is 1. The van der Waals surface area contributed by atoms with Crippen molar-refractivity contribution < 1.29 is 9.66 Å². The van der Waals surface area contributed by atoms with Crippen LogP contribution in [0.3, 0.4) is 0 Å². The van der Waals surface area contributed by atoms with E-state index in [0.717, 1.165) is 0 Å². The summed E-state index contributed by atoms with van der Waals surface area (Å²) in [5.41, 5.74) is -0.0436. The van der Waals surface area contributed by atoms with E-state index in [2.05, 4.69) is 27.3 Å². The zero-order chi connectivity index (χ0) is 13.5. The molecule has 1 atom stereocenters. The van der Waals surface area contributed by atoms with Crippen LogP contribution in [0.25, 0.3) is 0 Å². The molecule has 0 heterocycles. The number of nitrogens with one attached hydrogen (secondary N) is 1. The van der Waals surface area contributed by atoms with Crippen molar-refractivity contribution in [3.8, 4) is 11.8 Å². The fraction of sp³-hybridized carbons (Fsp3) is 0.364. The number of benzene rings is 1. The fourth-order valence-corrected chi connectivity index (χ4v) is 1.84. The highest BCUT2D eigenvalue weighted by molar-refractivity contribution is 9.10. The van der Waals surface area contributed by atoms with Gasteiger partial charge in [-0.3, -0.25) is 10.1 Å². The molecule has 1 aromatic rings. The Kier molecular flexibility index (Phi) is 5.55. The average molecular weight is 314 g/mol. The molecule has 0 saturated heterocycles. The molecule has 0 bridgehead atoms. The SMILES string of the molecule is CNC(C#N)CCOc1cccc([N+](=O)[O-])c1Br. The summed E-state index contributed by atoms with van der Waals surface area (Å²) >= 11 is 3.14. The standard InChI is InChI=1S/C11H12BrN3O3/c1-14-8(7-13)5-6-18-10-4-2-3-9(11(10)12)15(16)17/h2-4,8,14H,5-6H2,1H3. The highest BCUT2D eigenvalue weighted by Crippen LogP contribution is 2.33. The molecule has 0 radical (unpaired) electrons. The van der Waals surface area contributed by atoms with Crippen LogP contribution in [0.4, 0.5) is 5.69 Å². The van der Waals surface area contributed by atoms with Crippen LogP contribution in [-0.2, 0) is 0 Å². The third kappa shape index (κ3) is 3.68. The zero-order valence-corrected chi connectivity index (χ0v) is 11.3. The van der Waals surface area contributed by atoms with Crippen LogP contribution in [0.15, 0.2) is 22.7 Å². The first-order valence-corrected chi connectivity index (χ1v) is 6.02. The van der Waals surface area contributed by atoms with Crippen molar-refractivity contribution in [1.82, 2.24) is 5.32 Å². The van der Waals surface area contributed by atoms with Crippen molar-refractivity contribution in [1.29, 1.82) is 5.26 Å². The molecule has 0 aromatic heterocycles. The molecule has 0 amide bonds. The summed E-state index contributed by atoms with van der Waals surface area (Å²) in [7, 11) is 1.69. The van der Waals surface area contributed by atoms with Crippen molar-refractivity contribution in [2.45, 2.75) is 12.5 Å². The first-order valence-electron chi connectivity index (χ1n) is 5.22. The normalized spacial score (nSPS) is 11.6. The third-order valence-corrected chi connectivity index (χ3v) is 3.11. The summed E-state index contributed by atoms with van der Waals surface area (Å²) in [6.07, 6.45) is 0.502. The van der Waals surface area contributed by atoms with Crippen molar-refractivity contribution in [2.75, 3.05) is 13.7 Å². The molecule has 1 N–H and O–H groups in total. The van der Waals surface area contributed by atoms with Gasteiger partial charge in [-0.05, 0) is 29.0 Å². The summed E-state index contributed by atoms with van der Waals surface area (Å²) < 4.78 is 5.73. The molecule has 6 nitrogen and oxygen atoms in total. The van der Waals surface area contributed by atoms with Gasteiger partial charge >= 0.3 is 0 Å². The van der Waals surface area contributed by atoms with Crippen LogP contribution in [0.1, 0.15) is 6.42 Å². The molecule has 0 saturated carbocycles. The van der Waals surface area contributed by atoms with Crippen LogP contribution in [-0.4, -0.2) is 24.6 Å². The van der Waals surface area contributed by atoms with Crippen LogP contribution in [0, 0.1) is 21.4 Å². The topological polar surface area (TPSA) is 88.2 Å². The van der Waals surface area contributed by atoms with E-state index in [1.165, 1.54) is 6.07 Å². The molecule has 0 fully saturated rings. The lowest BCUT2D eigenvalue weighted by Crippen LogP contribution is -2.25. The Bertz CT molecular complexity index is 473. The number of nitrogens with zero attached hydrogens (tertiary/aromatic N) is 2. The lowest BCUT2D eigenvalue weighted by atomic mass is 10.2. The van der Waals surface area contributed by atoms with Gasteiger partial charge in [-0.25, -0.2) is 0 Å². The highest BCUT2D eigenvalue weighted by Gasteiger charge is 2.16. The van der Waals surface area contributed by atoms with Crippen molar-refractivity contribution in [3.63, 3.8) is 0 Å². The van der Waals surface area contributed by atoms with E-state index in [1.807, 2.05) is 0 Å². The predicted molar refractivity (Wildman–Crippen MR) is 69.4 cm³/mol. The van der Waals surface area contributed by atoms with Crippen LogP contribution >= 0.6 is 15.9 Å². The third-order valence-electron chi connectivity index (χ3n) is 2.31. The second-order valence-electron chi connectivity index (χ2n) is 3.45. The number of hydrogen-bond acceptors (Lipinski definition) is 5. The lowest BCUT2D eigenvalue weighted by Gasteiger charge is -2.10. The minimum atomic E-state index is -0.484. The van der Waals surface area contributed by atoms with Gasteiger partial charge in [0.2, 0.25) is 0 Å². The van der Waals surface area contributed by atoms with Gasteiger partial charge in [-0.2, -0.15) is 5.26 Å². The number of hydrogen-bond donors (Lipinski definition) is 1. The van der Waals surface area contributed by atoms with Crippen molar-refractivity contribution >= 4 is 21.6 Å². The van der Waals surface area contributed by atoms with E-state index >= 15 is 0 Å². The van der Waals surface area contributed by atoms with Crippen molar-refractivity contribution in [3.05, 3.63) is 32.8 Å². The van der Waals surface area contributed by atoms with E-state index in [4.69, 9.17) is 10.00 Å². The van der Waals surface area contributed by atoms with Gasteiger partial charge < -0.3 is 10.1 Å². The van der Waals surface area contributed by atoms with E-state index in [1.54, 1.807) is 19.2 Å². The van der Waals surface area contributed by atoms with Gasteiger partial charge in [0.1, 0.15) is 10.2 Å². The molecule has 0 aliphatic carbocycles. The Morgan fingerprint density at radius 2 is 2.39 bits per heavy atom. The van der Waals surface area contributed by atoms with Gasteiger partial charge in [0, 0.05) is 12.5 Å². The summed E-state index contributed by atoms with van der Waals surface area (Å²) in [4.78, 5) is 10.2. The molecule has 0 spiro atoms. The quantitative estimate of drug-likeness (QED) is 0.642. The molecule has 0 aliphatic heterocycles. The van der Waals surface area contributed by atoms with Crippen LogP contribution < -0.4 is 10.1 Å². The summed E-state index contributed by atoms with van der Waals surface area (Å²) in [5.74, 6) is 0.400. The summed E-state index contributed by atoms with van der Waals surface area (Å²) in [6.45, 7) is 0.304. The molecular formula is C11H12BrN3O3. The monoisotopic (exact) mass is 313 g/mol. The molecule has 1 unspecified atom stereocenters. The Morgan fingerprint density at radius 3 is 2.94 bits per heavy atom. The van der Waals surface area contributed by atoms with E-state index < -0.39 is 4.92 Å². The first-order chi connectivity index (χ1) is 8.60. The molecular weight excluding hydrogens is 302 g/mol. The molecule has 1 rings (SSSR count). The number of rotatable bonds is 6. The largest absolute Gasteiger partial charge is 0.492 e. The Balaban J connectivity index is 2.66. The number of ether oxygens (including phenoxy) is 1. The fourth-order valence-electron chi connectivity index (χ4n) is 1.31. The minimum absolute atomic E-state index is 0.0436. The molecule has 0 aliphatic rings. The molecule has 7 heteroatoms. The number of nitro benzene ring substituents is 1. The summed E-state index contributed by atoms with van der Waals surface area (Å²) in [6, 6.07) is 6.36. The molecule has 18 heavy (non-hydrogen) atoms. The predicted octanol–water partition coefficient (Wildman–Crippen LogP) is 2.24. The average Bonchev–Trinajstić information content (AvgIpc) is 2.36. The maximum Gasteiger partial charge on any atom is 0.287 e. The number of nitro groups is 1. The first kappa shape index (κ1) is 14.4. The van der Waals surface area contributed by atoms with Crippen LogP contribution in [0.5, 0.6) is 5.75 Å². The van der Waals surface area contributed by atoms with E-state index in [0.29, 0.717) is 23.2 Å².